The number of methoxy groups -OCH3 is 1. The first-order valence-electron chi connectivity index (χ1n) is 8.09. The second kappa shape index (κ2) is 7.62. The van der Waals surface area contributed by atoms with E-state index in [1.807, 2.05) is 55.5 Å². The maximum absolute atomic E-state index is 13.2. The van der Waals surface area contributed by atoms with Gasteiger partial charge in [0.2, 0.25) is 0 Å². The molecule has 1 aromatic heterocycles. The number of aryl methyl sites for hydroxylation is 1. The molecule has 0 bridgehead atoms. The Balaban J connectivity index is 1.97. The van der Waals surface area contributed by atoms with Crippen molar-refractivity contribution in [3.63, 3.8) is 0 Å². The Morgan fingerprint density at radius 2 is 1.88 bits per heavy atom. The van der Waals surface area contributed by atoms with E-state index < -0.39 is 0 Å². The normalized spacial score (nSPS) is 10.3. The molecule has 0 saturated carbocycles. The Labute approximate surface area is 147 Å². The van der Waals surface area contributed by atoms with E-state index in [0.29, 0.717) is 17.9 Å². The van der Waals surface area contributed by atoms with E-state index in [1.54, 1.807) is 36.5 Å². The third kappa shape index (κ3) is 4.04. The highest BCUT2D eigenvalue weighted by Gasteiger charge is 2.19. The van der Waals surface area contributed by atoms with Crippen LogP contribution in [0.15, 0.2) is 73.1 Å². The fourth-order valence-electron chi connectivity index (χ4n) is 2.59. The second-order valence-corrected chi connectivity index (χ2v) is 5.82. The van der Waals surface area contributed by atoms with Gasteiger partial charge in [-0.2, -0.15) is 0 Å². The molecule has 1 heterocycles. The van der Waals surface area contributed by atoms with Crippen molar-refractivity contribution in [1.82, 2.24) is 4.98 Å². The molecule has 0 aliphatic heterocycles. The van der Waals surface area contributed by atoms with E-state index in [2.05, 4.69) is 4.98 Å². The standard InChI is InChI=1S/C21H20N2O2/c1-16-8-10-19(11-9-16)23(15-17-5-4-12-22-14-17)21(24)18-6-3-7-20(13-18)25-2/h3-14H,15H2,1-2H3. The van der Waals surface area contributed by atoms with Crippen LogP contribution in [0.1, 0.15) is 21.5 Å². The van der Waals surface area contributed by atoms with E-state index in [-0.39, 0.29) is 5.91 Å². The Morgan fingerprint density at radius 3 is 2.56 bits per heavy atom. The molecule has 0 aliphatic rings. The van der Waals surface area contributed by atoms with Gasteiger partial charge in [0.1, 0.15) is 5.75 Å². The van der Waals surface area contributed by atoms with E-state index in [1.165, 1.54) is 0 Å². The van der Waals surface area contributed by atoms with Gasteiger partial charge in [0.25, 0.3) is 5.91 Å². The molecule has 0 atom stereocenters. The molecular formula is C21H20N2O2. The number of pyridine rings is 1. The fraction of sp³-hybridized carbons (Fsp3) is 0.143. The number of carbonyl (C=O) groups is 1. The SMILES string of the molecule is COc1cccc(C(=O)N(Cc2cccnc2)c2ccc(C)cc2)c1. The minimum Gasteiger partial charge on any atom is -0.497 e. The Morgan fingerprint density at radius 1 is 1.08 bits per heavy atom. The summed E-state index contributed by atoms with van der Waals surface area (Å²) in [7, 11) is 1.59. The number of amides is 1. The van der Waals surface area contributed by atoms with Gasteiger partial charge in [-0.05, 0) is 48.9 Å². The zero-order chi connectivity index (χ0) is 17.6. The van der Waals surface area contributed by atoms with E-state index >= 15 is 0 Å². The van der Waals surface area contributed by atoms with Crippen molar-refractivity contribution in [1.29, 1.82) is 0 Å². The summed E-state index contributed by atoms with van der Waals surface area (Å²) in [5, 5.41) is 0. The van der Waals surface area contributed by atoms with Gasteiger partial charge in [-0.15, -0.1) is 0 Å². The van der Waals surface area contributed by atoms with Crippen LogP contribution in [0.4, 0.5) is 5.69 Å². The number of rotatable bonds is 5. The predicted molar refractivity (Wildman–Crippen MR) is 98.9 cm³/mol. The average Bonchev–Trinajstić information content (AvgIpc) is 2.67. The first-order valence-corrected chi connectivity index (χ1v) is 8.09. The number of nitrogens with zero attached hydrogens (tertiary/aromatic N) is 2. The van der Waals surface area contributed by atoms with Crippen LogP contribution in [0.5, 0.6) is 5.75 Å². The van der Waals surface area contributed by atoms with Crippen LogP contribution in [-0.2, 0) is 6.54 Å². The number of ether oxygens (including phenoxy) is 1. The van der Waals surface area contributed by atoms with Crippen LogP contribution < -0.4 is 9.64 Å². The minimum atomic E-state index is -0.0772. The monoisotopic (exact) mass is 332 g/mol. The summed E-state index contributed by atoms with van der Waals surface area (Å²) < 4.78 is 5.24. The van der Waals surface area contributed by atoms with Gasteiger partial charge in [-0.1, -0.05) is 29.8 Å². The number of hydrogen-bond acceptors (Lipinski definition) is 3. The van der Waals surface area contributed by atoms with Crippen molar-refractivity contribution >= 4 is 11.6 Å². The summed E-state index contributed by atoms with van der Waals surface area (Å²) in [5.74, 6) is 0.586. The molecule has 0 saturated heterocycles. The van der Waals surface area contributed by atoms with Crippen LogP contribution in [-0.4, -0.2) is 18.0 Å². The van der Waals surface area contributed by atoms with E-state index in [9.17, 15) is 4.79 Å². The van der Waals surface area contributed by atoms with Crippen molar-refractivity contribution in [2.45, 2.75) is 13.5 Å². The topological polar surface area (TPSA) is 42.4 Å². The third-order valence-corrected chi connectivity index (χ3v) is 3.97. The Bertz CT molecular complexity index is 845. The molecule has 0 spiro atoms. The summed E-state index contributed by atoms with van der Waals surface area (Å²) in [6.07, 6.45) is 3.50. The maximum atomic E-state index is 13.2. The molecule has 0 unspecified atom stereocenters. The zero-order valence-electron chi connectivity index (χ0n) is 14.3. The van der Waals surface area contributed by atoms with Gasteiger partial charge in [-0.3, -0.25) is 9.78 Å². The van der Waals surface area contributed by atoms with Crippen LogP contribution in [0.25, 0.3) is 0 Å². The largest absolute Gasteiger partial charge is 0.497 e. The van der Waals surface area contributed by atoms with Crippen molar-refractivity contribution in [3.8, 4) is 5.75 Å². The molecule has 25 heavy (non-hydrogen) atoms. The van der Waals surface area contributed by atoms with Gasteiger partial charge >= 0.3 is 0 Å². The van der Waals surface area contributed by atoms with Crippen LogP contribution in [0, 0.1) is 6.92 Å². The molecule has 1 amide bonds. The highest BCUT2D eigenvalue weighted by Crippen LogP contribution is 2.22. The lowest BCUT2D eigenvalue weighted by Crippen LogP contribution is -2.30. The van der Waals surface area contributed by atoms with Crippen LogP contribution in [0.3, 0.4) is 0 Å². The molecule has 3 aromatic rings. The average molecular weight is 332 g/mol. The second-order valence-electron chi connectivity index (χ2n) is 5.82. The number of benzene rings is 2. The van der Waals surface area contributed by atoms with Gasteiger partial charge in [-0.25, -0.2) is 0 Å². The summed E-state index contributed by atoms with van der Waals surface area (Å²) in [6, 6.07) is 19.0. The zero-order valence-corrected chi connectivity index (χ0v) is 14.3. The highest BCUT2D eigenvalue weighted by atomic mass is 16.5. The van der Waals surface area contributed by atoms with Crippen molar-refractivity contribution in [2.75, 3.05) is 12.0 Å². The number of aromatic nitrogens is 1. The molecule has 0 fully saturated rings. The van der Waals surface area contributed by atoms with E-state index in [0.717, 1.165) is 16.8 Å². The first-order chi connectivity index (χ1) is 12.2. The fourth-order valence-corrected chi connectivity index (χ4v) is 2.59. The van der Waals surface area contributed by atoms with Gasteiger partial charge in [0.05, 0.1) is 13.7 Å². The summed E-state index contributed by atoms with van der Waals surface area (Å²) >= 11 is 0. The first kappa shape index (κ1) is 16.7. The summed E-state index contributed by atoms with van der Waals surface area (Å²) in [6.45, 7) is 2.48. The number of hydrogen-bond donors (Lipinski definition) is 0. The van der Waals surface area contributed by atoms with Gasteiger partial charge in [0, 0.05) is 23.6 Å². The van der Waals surface area contributed by atoms with E-state index in [4.69, 9.17) is 4.74 Å². The molecular weight excluding hydrogens is 312 g/mol. The van der Waals surface area contributed by atoms with Crippen molar-refractivity contribution in [3.05, 3.63) is 89.7 Å². The molecule has 4 nitrogen and oxygen atoms in total. The maximum Gasteiger partial charge on any atom is 0.258 e. The number of carbonyl (C=O) groups excluding carboxylic acids is 1. The lowest BCUT2D eigenvalue weighted by Gasteiger charge is -2.23. The molecule has 0 radical (unpaired) electrons. The Hall–Kier alpha value is -3.14. The number of anilines is 1. The van der Waals surface area contributed by atoms with Gasteiger partial charge in [0.15, 0.2) is 0 Å². The molecule has 0 aliphatic carbocycles. The quantitative estimate of drug-likeness (QED) is 0.701. The van der Waals surface area contributed by atoms with Gasteiger partial charge < -0.3 is 9.64 Å². The molecule has 2 aromatic carbocycles. The smallest absolute Gasteiger partial charge is 0.258 e. The molecule has 126 valence electrons. The predicted octanol–water partition coefficient (Wildman–Crippen LogP) is 4.25. The third-order valence-electron chi connectivity index (χ3n) is 3.97. The van der Waals surface area contributed by atoms with Crippen LogP contribution >= 0.6 is 0 Å². The molecule has 4 heteroatoms. The lowest BCUT2D eigenvalue weighted by molar-refractivity contribution is 0.0985. The summed E-state index contributed by atoms with van der Waals surface area (Å²) in [4.78, 5) is 19.1. The van der Waals surface area contributed by atoms with Crippen molar-refractivity contribution < 1.29 is 9.53 Å². The van der Waals surface area contributed by atoms with Crippen molar-refractivity contribution in [2.24, 2.45) is 0 Å². The minimum absolute atomic E-state index is 0.0772. The highest BCUT2D eigenvalue weighted by molar-refractivity contribution is 6.06. The lowest BCUT2D eigenvalue weighted by atomic mass is 10.1. The molecule has 0 N–H and O–H groups in total. The Kier molecular flexibility index (Phi) is 5.09. The van der Waals surface area contributed by atoms with Crippen LogP contribution in [0.2, 0.25) is 0 Å². The molecule has 3 rings (SSSR count). The summed E-state index contributed by atoms with van der Waals surface area (Å²) in [5.41, 5.74) is 3.56.